The molecule has 0 bridgehead atoms. The van der Waals surface area contributed by atoms with Gasteiger partial charge in [0.1, 0.15) is 0 Å². The Kier molecular flexibility index (Phi) is 2.78. The van der Waals surface area contributed by atoms with Crippen molar-refractivity contribution in [3.05, 3.63) is 45.2 Å². The largest absolute Gasteiger partial charge is 0.288 e. The van der Waals surface area contributed by atoms with Gasteiger partial charge in [0.05, 0.1) is 10.6 Å². The SMILES string of the molecule is Cc1nc2cc(-c3cccs3)[nH]n2c(=O)c1C(C)C. The average Bonchev–Trinajstić information content (AvgIpc) is 2.94. The molecule has 4 nitrogen and oxygen atoms in total. The van der Waals surface area contributed by atoms with Gasteiger partial charge >= 0.3 is 0 Å². The van der Waals surface area contributed by atoms with Crippen LogP contribution >= 0.6 is 11.3 Å². The van der Waals surface area contributed by atoms with Gasteiger partial charge in [0.25, 0.3) is 5.56 Å². The smallest absolute Gasteiger partial charge is 0.276 e. The molecule has 0 fully saturated rings. The summed E-state index contributed by atoms with van der Waals surface area (Å²) in [6.45, 7) is 5.93. The normalized spacial score (nSPS) is 11.6. The van der Waals surface area contributed by atoms with Crippen LogP contribution in [0.5, 0.6) is 0 Å². The topological polar surface area (TPSA) is 50.2 Å². The summed E-state index contributed by atoms with van der Waals surface area (Å²) in [6, 6.07) is 5.94. The number of hydrogen-bond acceptors (Lipinski definition) is 3. The fourth-order valence-corrected chi connectivity index (χ4v) is 3.06. The quantitative estimate of drug-likeness (QED) is 0.779. The van der Waals surface area contributed by atoms with Gasteiger partial charge in [0, 0.05) is 17.3 Å². The van der Waals surface area contributed by atoms with Crippen LogP contribution in [0.1, 0.15) is 31.0 Å². The fraction of sp³-hybridized carbons (Fsp3) is 0.286. The van der Waals surface area contributed by atoms with Crippen LogP contribution in [0.15, 0.2) is 28.4 Å². The van der Waals surface area contributed by atoms with Crippen molar-refractivity contribution >= 4 is 17.0 Å². The standard InChI is InChI=1S/C14H15N3OS/c1-8(2)13-9(3)15-12-7-10(11-5-4-6-19-11)16-17(12)14(13)18/h4-8,16H,1-3H3. The number of rotatable bonds is 2. The molecule has 98 valence electrons. The van der Waals surface area contributed by atoms with Crippen LogP contribution in [0, 0.1) is 6.92 Å². The third kappa shape index (κ3) is 1.90. The summed E-state index contributed by atoms with van der Waals surface area (Å²) >= 11 is 1.64. The zero-order valence-corrected chi connectivity index (χ0v) is 11.9. The van der Waals surface area contributed by atoms with Crippen LogP contribution in [0.3, 0.4) is 0 Å². The molecule has 0 aliphatic carbocycles. The van der Waals surface area contributed by atoms with E-state index in [1.807, 2.05) is 44.4 Å². The van der Waals surface area contributed by atoms with Crippen LogP contribution in [-0.2, 0) is 0 Å². The van der Waals surface area contributed by atoms with E-state index < -0.39 is 0 Å². The minimum Gasteiger partial charge on any atom is -0.288 e. The Morgan fingerprint density at radius 1 is 1.42 bits per heavy atom. The van der Waals surface area contributed by atoms with Gasteiger partial charge < -0.3 is 0 Å². The van der Waals surface area contributed by atoms with Gasteiger partial charge in [-0.25, -0.2) is 9.50 Å². The van der Waals surface area contributed by atoms with Crippen molar-refractivity contribution < 1.29 is 0 Å². The van der Waals surface area contributed by atoms with E-state index in [1.165, 1.54) is 4.52 Å². The van der Waals surface area contributed by atoms with Crippen LogP contribution in [0.2, 0.25) is 0 Å². The first-order valence-electron chi connectivity index (χ1n) is 6.24. The van der Waals surface area contributed by atoms with Crippen LogP contribution in [-0.4, -0.2) is 14.6 Å². The van der Waals surface area contributed by atoms with E-state index in [-0.39, 0.29) is 11.5 Å². The summed E-state index contributed by atoms with van der Waals surface area (Å²) < 4.78 is 1.54. The first kappa shape index (κ1) is 12.2. The maximum absolute atomic E-state index is 12.5. The lowest BCUT2D eigenvalue weighted by Gasteiger charge is -2.07. The van der Waals surface area contributed by atoms with Gasteiger partial charge in [-0.05, 0) is 24.3 Å². The second kappa shape index (κ2) is 4.35. The molecule has 0 amide bonds. The van der Waals surface area contributed by atoms with E-state index in [0.29, 0.717) is 5.65 Å². The highest BCUT2D eigenvalue weighted by Gasteiger charge is 2.15. The Labute approximate surface area is 114 Å². The molecule has 3 aromatic heterocycles. The predicted octanol–water partition coefficient (Wildman–Crippen LogP) is 3.18. The number of thiophene rings is 1. The van der Waals surface area contributed by atoms with Crippen molar-refractivity contribution in [3.63, 3.8) is 0 Å². The number of aryl methyl sites for hydroxylation is 1. The Bertz CT molecular complexity index is 781. The summed E-state index contributed by atoms with van der Waals surface area (Å²) in [5, 5.41) is 5.16. The van der Waals surface area contributed by atoms with Gasteiger partial charge in [0.15, 0.2) is 5.65 Å². The number of aromatic amines is 1. The molecular formula is C14H15N3OS. The van der Waals surface area contributed by atoms with Gasteiger partial charge in [-0.3, -0.25) is 9.89 Å². The van der Waals surface area contributed by atoms with Crippen molar-refractivity contribution in [2.75, 3.05) is 0 Å². The first-order valence-corrected chi connectivity index (χ1v) is 7.12. The molecule has 0 aliphatic heterocycles. The predicted molar refractivity (Wildman–Crippen MR) is 78.0 cm³/mol. The molecule has 3 rings (SSSR count). The van der Waals surface area contributed by atoms with Crippen molar-refractivity contribution in [3.8, 4) is 10.6 Å². The lowest BCUT2D eigenvalue weighted by Crippen LogP contribution is -2.22. The van der Waals surface area contributed by atoms with Gasteiger partial charge in [0.2, 0.25) is 0 Å². The Morgan fingerprint density at radius 3 is 2.84 bits per heavy atom. The van der Waals surface area contributed by atoms with Crippen LogP contribution < -0.4 is 5.56 Å². The molecule has 0 saturated carbocycles. The van der Waals surface area contributed by atoms with Crippen molar-refractivity contribution in [2.24, 2.45) is 0 Å². The van der Waals surface area contributed by atoms with E-state index >= 15 is 0 Å². The van der Waals surface area contributed by atoms with Gasteiger partial charge in [-0.15, -0.1) is 11.3 Å². The summed E-state index contributed by atoms with van der Waals surface area (Å²) in [5.74, 6) is 0.172. The molecule has 0 aromatic carbocycles. The molecule has 0 spiro atoms. The molecule has 0 aliphatic rings. The zero-order chi connectivity index (χ0) is 13.6. The summed E-state index contributed by atoms with van der Waals surface area (Å²) in [4.78, 5) is 18.1. The van der Waals surface area contributed by atoms with Crippen molar-refractivity contribution in [1.82, 2.24) is 14.6 Å². The third-order valence-electron chi connectivity index (χ3n) is 3.20. The highest BCUT2D eigenvalue weighted by atomic mass is 32.1. The number of aromatic nitrogens is 3. The maximum Gasteiger partial charge on any atom is 0.276 e. The minimum atomic E-state index is 0.000283. The molecule has 0 saturated heterocycles. The molecular weight excluding hydrogens is 258 g/mol. The lowest BCUT2D eigenvalue weighted by atomic mass is 10.0. The highest BCUT2D eigenvalue weighted by Crippen LogP contribution is 2.24. The number of H-pyrrole nitrogens is 1. The fourth-order valence-electron chi connectivity index (χ4n) is 2.37. The second-order valence-electron chi connectivity index (χ2n) is 4.91. The van der Waals surface area contributed by atoms with Gasteiger partial charge in [-0.1, -0.05) is 19.9 Å². The Morgan fingerprint density at radius 2 is 2.21 bits per heavy atom. The highest BCUT2D eigenvalue weighted by molar-refractivity contribution is 7.13. The maximum atomic E-state index is 12.5. The zero-order valence-electron chi connectivity index (χ0n) is 11.1. The van der Waals surface area contributed by atoms with Crippen LogP contribution in [0.4, 0.5) is 0 Å². The van der Waals surface area contributed by atoms with E-state index in [1.54, 1.807) is 11.3 Å². The Hall–Kier alpha value is -1.88. The summed E-state index contributed by atoms with van der Waals surface area (Å²) in [6.07, 6.45) is 0. The number of nitrogens with zero attached hydrogens (tertiary/aromatic N) is 2. The molecule has 5 heteroatoms. The van der Waals surface area contributed by atoms with E-state index in [9.17, 15) is 4.79 Å². The molecule has 3 aromatic rings. The lowest BCUT2D eigenvalue weighted by molar-refractivity contribution is 0.781. The Balaban J connectivity index is 2.30. The van der Waals surface area contributed by atoms with E-state index in [0.717, 1.165) is 21.8 Å². The summed E-state index contributed by atoms with van der Waals surface area (Å²) in [5.41, 5.74) is 3.20. The monoisotopic (exact) mass is 273 g/mol. The van der Waals surface area contributed by atoms with Crippen molar-refractivity contribution in [1.29, 1.82) is 0 Å². The van der Waals surface area contributed by atoms with Gasteiger partial charge in [-0.2, -0.15) is 0 Å². The molecule has 0 atom stereocenters. The number of hydrogen-bond donors (Lipinski definition) is 1. The van der Waals surface area contributed by atoms with E-state index in [4.69, 9.17) is 0 Å². The van der Waals surface area contributed by atoms with E-state index in [2.05, 4.69) is 10.1 Å². The molecule has 19 heavy (non-hydrogen) atoms. The average molecular weight is 273 g/mol. The van der Waals surface area contributed by atoms with Crippen molar-refractivity contribution in [2.45, 2.75) is 26.7 Å². The molecule has 0 unspecified atom stereocenters. The third-order valence-corrected chi connectivity index (χ3v) is 4.11. The minimum absolute atomic E-state index is 0.000283. The second-order valence-corrected chi connectivity index (χ2v) is 5.86. The molecule has 3 heterocycles. The van der Waals surface area contributed by atoms with Crippen LogP contribution in [0.25, 0.3) is 16.2 Å². The first-order chi connectivity index (χ1) is 9.08. The number of nitrogens with one attached hydrogen (secondary N) is 1. The molecule has 1 N–H and O–H groups in total. The number of fused-ring (bicyclic) bond motifs is 1. The summed E-state index contributed by atoms with van der Waals surface area (Å²) in [7, 11) is 0. The molecule has 0 radical (unpaired) electrons.